The standard InChI is InChI=1S/C29H28N8O/c30-26-20-6-2-1-4-19(20)16-29(26)10-12-35(13-11-29)22-17-31-24-27(32-22)33-34-28(24)36-14-15-37-23(38)9-8-18-5-3-7-21(36)25(18)37/h1-9,17,26H,10-16,30H2,(H,32,33,34)/t26-/m1/s1. The molecule has 3 aromatic heterocycles. The molecule has 1 saturated heterocycles. The molecule has 1 fully saturated rings. The summed E-state index contributed by atoms with van der Waals surface area (Å²) >= 11 is 0. The van der Waals surface area contributed by atoms with Gasteiger partial charge in [-0.3, -0.25) is 9.89 Å². The van der Waals surface area contributed by atoms with Gasteiger partial charge in [0.15, 0.2) is 17.0 Å². The first-order valence-corrected chi connectivity index (χ1v) is 13.3. The lowest BCUT2D eigenvalue weighted by Crippen LogP contribution is -2.44. The average molecular weight is 505 g/mol. The smallest absolute Gasteiger partial charge is 0.251 e. The Bertz CT molecular complexity index is 1780. The number of anilines is 3. The monoisotopic (exact) mass is 504 g/mol. The van der Waals surface area contributed by atoms with Gasteiger partial charge in [-0.2, -0.15) is 5.10 Å². The number of H-pyrrole nitrogens is 1. The van der Waals surface area contributed by atoms with Crippen LogP contribution < -0.4 is 21.1 Å². The van der Waals surface area contributed by atoms with E-state index in [0.717, 1.165) is 66.1 Å². The van der Waals surface area contributed by atoms with Gasteiger partial charge in [-0.1, -0.05) is 36.4 Å². The van der Waals surface area contributed by atoms with Crippen molar-refractivity contribution in [3.8, 4) is 0 Å². The number of piperidine rings is 1. The van der Waals surface area contributed by atoms with E-state index in [-0.39, 0.29) is 17.0 Å². The molecule has 2 aliphatic heterocycles. The van der Waals surface area contributed by atoms with Gasteiger partial charge >= 0.3 is 0 Å². The highest BCUT2D eigenvalue weighted by Crippen LogP contribution is 2.51. The predicted molar refractivity (Wildman–Crippen MR) is 148 cm³/mol. The third kappa shape index (κ3) is 3.02. The number of hydrogen-bond acceptors (Lipinski definition) is 7. The molecular weight excluding hydrogens is 476 g/mol. The topological polar surface area (TPSA) is 109 Å². The number of benzene rings is 2. The van der Waals surface area contributed by atoms with E-state index in [0.29, 0.717) is 18.7 Å². The van der Waals surface area contributed by atoms with Crippen molar-refractivity contribution in [2.45, 2.75) is 31.8 Å². The molecule has 1 spiro atoms. The van der Waals surface area contributed by atoms with E-state index in [9.17, 15) is 4.79 Å². The van der Waals surface area contributed by atoms with Gasteiger partial charge in [-0.25, -0.2) is 9.97 Å². The fourth-order valence-corrected chi connectivity index (χ4v) is 6.93. The lowest BCUT2D eigenvalue weighted by Gasteiger charge is -2.42. The minimum atomic E-state index is 0.0201. The van der Waals surface area contributed by atoms with Crippen molar-refractivity contribution in [1.29, 1.82) is 0 Å². The highest BCUT2D eigenvalue weighted by Gasteiger charge is 2.46. The Labute approximate surface area is 218 Å². The SMILES string of the molecule is N[C@@H]1c2ccccc2CC12CCN(c1cnc3c(N4CCn5c(=O)ccc6cccc4c65)n[nH]c3n1)CC2. The minimum Gasteiger partial charge on any atom is -0.355 e. The Morgan fingerprint density at radius 2 is 1.84 bits per heavy atom. The van der Waals surface area contributed by atoms with Crippen molar-refractivity contribution in [2.75, 3.05) is 29.4 Å². The van der Waals surface area contributed by atoms with Crippen LogP contribution in [0.2, 0.25) is 0 Å². The molecule has 5 heterocycles. The van der Waals surface area contributed by atoms with Crippen LogP contribution in [0.3, 0.4) is 0 Å². The highest BCUT2D eigenvalue weighted by atomic mass is 16.1. The van der Waals surface area contributed by atoms with E-state index in [1.165, 1.54) is 11.1 Å². The molecule has 1 atom stereocenters. The van der Waals surface area contributed by atoms with Crippen LogP contribution in [0.25, 0.3) is 22.1 Å². The summed E-state index contributed by atoms with van der Waals surface area (Å²) in [7, 11) is 0. The number of pyridine rings is 1. The van der Waals surface area contributed by atoms with E-state index in [1.807, 2.05) is 35.0 Å². The van der Waals surface area contributed by atoms with E-state index in [1.54, 1.807) is 6.07 Å². The molecule has 3 aliphatic rings. The number of rotatable bonds is 2. The van der Waals surface area contributed by atoms with Crippen LogP contribution in [0.1, 0.15) is 30.0 Å². The van der Waals surface area contributed by atoms with Crippen LogP contribution in [-0.2, 0) is 13.0 Å². The Morgan fingerprint density at radius 3 is 2.71 bits per heavy atom. The summed E-state index contributed by atoms with van der Waals surface area (Å²) in [5.74, 6) is 1.60. The van der Waals surface area contributed by atoms with Crippen LogP contribution in [0, 0.1) is 5.41 Å². The molecule has 3 N–H and O–H groups in total. The number of aromatic amines is 1. The Morgan fingerprint density at radius 1 is 0.974 bits per heavy atom. The average Bonchev–Trinajstić information content (AvgIpc) is 3.49. The number of aromatic nitrogens is 5. The second-order valence-electron chi connectivity index (χ2n) is 10.9. The van der Waals surface area contributed by atoms with E-state index in [2.05, 4.69) is 44.3 Å². The molecule has 9 nitrogen and oxygen atoms in total. The molecular formula is C29H28N8O. The molecule has 0 unspecified atom stereocenters. The van der Waals surface area contributed by atoms with Gasteiger partial charge in [-0.05, 0) is 47.9 Å². The third-order valence-corrected chi connectivity index (χ3v) is 9.00. The molecule has 0 amide bonds. The van der Waals surface area contributed by atoms with Gasteiger partial charge in [0.1, 0.15) is 5.82 Å². The van der Waals surface area contributed by atoms with Crippen LogP contribution in [0.4, 0.5) is 17.3 Å². The first-order chi connectivity index (χ1) is 18.6. The maximum absolute atomic E-state index is 12.5. The predicted octanol–water partition coefficient (Wildman–Crippen LogP) is 3.66. The summed E-state index contributed by atoms with van der Waals surface area (Å²) in [5, 5.41) is 8.79. The summed E-state index contributed by atoms with van der Waals surface area (Å²) in [6.45, 7) is 3.04. The van der Waals surface area contributed by atoms with E-state index in [4.69, 9.17) is 15.7 Å². The fraction of sp³-hybridized carbons (Fsp3) is 0.310. The maximum Gasteiger partial charge on any atom is 0.251 e. The zero-order chi connectivity index (χ0) is 25.4. The van der Waals surface area contributed by atoms with Crippen molar-refractivity contribution < 1.29 is 0 Å². The molecule has 1 aliphatic carbocycles. The van der Waals surface area contributed by atoms with Crippen molar-refractivity contribution in [3.63, 3.8) is 0 Å². The van der Waals surface area contributed by atoms with Crippen molar-refractivity contribution >= 4 is 39.4 Å². The minimum absolute atomic E-state index is 0.0201. The van der Waals surface area contributed by atoms with E-state index >= 15 is 0 Å². The molecule has 5 aromatic rings. The molecule has 0 radical (unpaired) electrons. The Balaban J connectivity index is 1.08. The van der Waals surface area contributed by atoms with Gasteiger partial charge in [0, 0.05) is 43.7 Å². The third-order valence-electron chi connectivity index (χ3n) is 9.00. The van der Waals surface area contributed by atoms with E-state index < -0.39 is 0 Å². The van der Waals surface area contributed by atoms with Crippen LogP contribution >= 0.6 is 0 Å². The number of para-hydroxylation sites is 1. The van der Waals surface area contributed by atoms with Gasteiger partial charge in [0.05, 0.1) is 17.4 Å². The lowest BCUT2D eigenvalue weighted by molar-refractivity contribution is 0.187. The van der Waals surface area contributed by atoms with Crippen molar-refractivity contribution in [3.05, 3.63) is 82.3 Å². The van der Waals surface area contributed by atoms with Crippen LogP contribution in [-0.4, -0.2) is 44.4 Å². The van der Waals surface area contributed by atoms with Gasteiger partial charge in [0.25, 0.3) is 5.56 Å². The number of fused-ring (bicyclic) bond motifs is 2. The van der Waals surface area contributed by atoms with Crippen LogP contribution in [0.15, 0.2) is 65.6 Å². The molecule has 0 bridgehead atoms. The number of nitrogens with zero attached hydrogens (tertiary/aromatic N) is 6. The quantitative estimate of drug-likeness (QED) is 0.378. The number of nitrogens with one attached hydrogen (secondary N) is 1. The fourth-order valence-electron chi connectivity index (χ4n) is 6.93. The molecule has 190 valence electrons. The van der Waals surface area contributed by atoms with Crippen LogP contribution in [0.5, 0.6) is 0 Å². The molecule has 0 saturated carbocycles. The zero-order valence-corrected chi connectivity index (χ0v) is 21.0. The molecule has 2 aromatic carbocycles. The van der Waals surface area contributed by atoms with Gasteiger partial charge in [-0.15, -0.1) is 0 Å². The highest BCUT2D eigenvalue weighted by molar-refractivity contribution is 5.97. The maximum atomic E-state index is 12.5. The van der Waals surface area contributed by atoms with Crippen molar-refractivity contribution in [1.82, 2.24) is 24.7 Å². The Kier molecular flexibility index (Phi) is 4.52. The largest absolute Gasteiger partial charge is 0.355 e. The molecule has 8 rings (SSSR count). The first kappa shape index (κ1) is 21.8. The number of hydrogen-bond donors (Lipinski definition) is 2. The lowest BCUT2D eigenvalue weighted by atomic mass is 9.73. The second kappa shape index (κ2) is 7.88. The molecule has 9 heteroatoms. The summed E-state index contributed by atoms with van der Waals surface area (Å²) in [6, 6.07) is 18.3. The summed E-state index contributed by atoms with van der Waals surface area (Å²) < 4.78 is 1.84. The molecule has 38 heavy (non-hydrogen) atoms. The summed E-state index contributed by atoms with van der Waals surface area (Å²) in [5.41, 5.74) is 12.9. The number of nitrogens with two attached hydrogens (primary N) is 1. The normalized spacial score (nSPS) is 20.0. The second-order valence-corrected chi connectivity index (χ2v) is 10.9. The van der Waals surface area contributed by atoms with Gasteiger partial charge < -0.3 is 20.1 Å². The summed E-state index contributed by atoms with van der Waals surface area (Å²) in [4.78, 5) is 26.7. The van der Waals surface area contributed by atoms with Crippen molar-refractivity contribution in [2.24, 2.45) is 11.1 Å². The van der Waals surface area contributed by atoms with Gasteiger partial charge in [0.2, 0.25) is 0 Å². The summed E-state index contributed by atoms with van der Waals surface area (Å²) in [6.07, 6.45) is 5.00. The zero-order valence-electron chi connectivity index (χ0n) is 21.0. The first-order valence-electron chi connectivity index (χ1n) is 13.3. The Hall–Kier alpha value is -4.24.